The lowest BCUT2D eigenvalue weighted by atomic mass is 9.46. The smallest absolute Gasteiger partial charge is 0.293 e. The fourth-order valence-corrected chi connectivity index (χ4v) is 4.12. The quantitative estimate of drug-likeness (QED) is 0.712. The van der Waals surface area contributed by atoms with Crippen LogP contribution in [0.15, 0.2) is 0 Å². The molecule has 1 aliphatic heterocycles. The number of rotatable bonds is 5. The van der Waals surface area contributed by atoms with E-state index in [-0.39, 0.29) is 12.4 Å². The van der Waals surface area contributed by atoms with E-state index in [0.717, 1.165) is 17.8 Å². The van der Waals surface area contributed by atoms with Gasteiger partial charge in [-0.15, -0.1) is 12.4 Å². The molecule has 2 aliphatic rings. The Labute approximate surface area is 119 Å². The van der Waals surface area contributed by atoms with E-state index < -0.39 is 0 Å². The van der Waals surface area contributed by atoms with Crippen LogP contribution in [0.5, 0.6) is 0 Å². The number of nitrogens with zero attached hydrogens (tertiary/aromatic N) is 1. The van der Waals surface area contributed by atoms with Crippen molar-refractivity contribution in [3.05, 3.63) is 0 Å². The Morgan fingerprint density at radius 2 is 1.61 bits per heavy atom. The molecule has 0 N–H and O–H groups in total. The van der Waals surface area contributed by atoms with Crippen molar-refractivity contribution in [3.8, 4) is 0 Å². The molecule has 2 bridgehead atoms. The van der Waals surface area contributed by atoms with Crippen LogP contribution < -0.4 is 0 Å². The topological polar surface area (TPSA) is 12.5 Å². The summed E-state index contributed by atoms with van der Waals surface area (Å²) in [6.45, 7) is 8.89. The third-order valence-corrected chi connectivity index (χ3v) is 4.94. The molecule has 2 rings (SSSR count). The van der Waals surface area contributed by atoms with Crippen LogP contribution in [0.25, 0.3) is 0 Å². The number of hydrogen-bond donors (Lipinski definition) is 0. The summed E-state index contributed by atoms with van der Waals surface area (Å²) < 4.78 is 5.58. The van der Waals surface area contributed by atoms with Crippen LogP contribution in [-0.2, 0) is 4.65 Å². The molecule has 1 saturated heterocycles. The molecule has 2 atom stereocenters. The normalized spacial score (nSPS) is 31.3. The van der Waals surface area contributed by atoms with E-state index in [0.29, 0.717) is 6.92 Å². The summed E-state index contributed by atoms with van der Waals surface area (Å²) in [6.07, 6.45) is 7.03. The van der Waals surface area contributed by atoms with Crippen molar-refractivity contribution in [2.24, 2.45) is 17.8 Å². The Hall–Kier alpha value is 0.275. The predicted octanol–water partition coefficient (Wildman–Crippen LogP) is 3.43. The molecule has 0 aromatic heterocycles. The molecule has 0 radical (unpaired) electrons. The fraction of sp³-hybridized carbons (Fsp3) is 1.00. The largest absolute Gasteiger partial charge is 0.438 e. The minimum Gasteiger partial charge on any atom is -0.438 e. The average Bonchev–Trinajstić information content (AvgIpc) is 2.34. The van der Waals surface area contributed by atoms with Gasteiger partial charge in [-0.2, -0.15) is 0 Å². The van der Waals surface area contributed by atoms with Crippen molar-refractivity contribution in [3.63, 3.8) is 0 Å². The first-order valence-electron chi connectivity index (χ1n) is 7.50. The molecule has 0 aromatic rings. The summed E-state index contributed by atoms with van der Waals surface area (Å²) in [5, 5.41) is 0. The molecule has 4 heteroatoms. The first-order valence-corrected chi connectivity index (χ1v) is 7.50. The van der Waals surface area contributed by atoms with E-state index in [1.165, 1.54) is 51.5 Å². The SMILES string of the molecule is CCN(CC)CC1CC2CB(OC)CC(C2)C1.Cl. The zero-order valence-corrected chi connectivity index (χ0v) is 13.0. The molecule has 1 aliphatic carbocycles. The van der Waals surface area contributed by atoms with Gasteiger partial charge in [0.05, 0.1) is 0 Å². The Morgan fingerprint density at radius 3 is 2.06 bits per heavy atom. The third kappa shape index (κ3) is 4.14. The highest BCUT2D eigenvalue weighted by atomic mass is 35.5. The number of hydrogen-bond acceptors (Lipinski definition) is 2. The van der Waals surface area contributed by atoms with Gasteiger partial charge in [-0.25, -0.2) is 0 Å². The molecule has 1 heterocycles. The van der Waals surface area contributed by atoms with Gasteiger partial charge in [0.1, 0.15) is 0 Å². The van der Waals surface area contributed by atoms with Crippen LogP contribution in [0.3, 0.4) is 0 Å². The minimum absolute atomic E-state index is 0. The monoisotopic (exact) mass is 273 g/mol. The molecule has 106 valence electrons. The summed E-state index contributed by atoms with van der Waals surface area (Å²) >= 11 is 0. The van der Waals surface area contributed by atoms with Gasteiger partial charge in [0.15, 0.2) is 0 Å². The van der Waals surface area contributed by atoms with Gasteiger partial charge in [0, 0.05) is 13.7 Å². The maximum absolute atomic E-state index is 5.58. The van der Waals surface area contributed by atoms with Crippen molar-refractivity contribution in [2.45, 2.75) is 45.8 Å². The Balaban J connectivity index is 0.00000162. The van der Waals surface area contributed by atoms with Gasteiger partial charge in [-0.3, -0.25) is 0 Å². The number of halogens is 1. The summed E-state index contributed by atoms with van der Waals surface area (Å²) in [7, 11) is 1.89. The second-order valence-corrected chi connectivity index (χ2v) is 6.12. The van der Waals surface area contributed by atoms with E-state index in [2.05, 4.69) is 18.7 Å². The van der Waals surface area contributed by atoms with Crippen molar-refractivity contribution in [1.29, 1.82) is 0 Å². The lowest BCUT2D eigenvalue weighted by Crippen LogP contribution is -2.39. The first kappa shape index (κ1) is 16.3. The van der Waals surface area contributed by atoms with Crippen LogP contribution in [0.4, 0.5) is 0 Å². The molecular formula is C14H29BClNO. The first-order chi connectivity index (χ1) is 8.25. The van der Waals surface area contributed by atoms with E-state index in [4.69, 9.17) is 4.65 Å². The van der Waals surface area contributed by atoms with E-state index in [9.17, 15) is 0 Å². The third-order valence-electron chi connectivity index (χ3n) is 4.94. The van der Waals surface area contributed by atoms with Gasteiger partial charge >= 0.3 is 0 Å². The van der Waals surface area contributed by atoms with Gasteiger partial charge in [0.25, 0.3) is 6.92 Å². The van der Waals surface area contributed by atoms with Gasteiger partial charge < -0.3 is 9.55 Å². The summed E-state index contributed by atoms with van der Waals surface area (Å²) in [4.78, 5) is 2.60. The van der Waals surface area contributed by atoms with E-state index in [1.54, 1.807) is 0 Å². The number of fused-ring (bicyclic) bond motifs is 2. The molecule has 1 saturated carbocycles. The molecule has 0 aromatic carbocycles. The van der Waals surface area contributed by atoms with Gasteiger partial charge in [-0.1, -0.05) is 13.8 Å². The van der Waals surface area contributed by atoms with Crippen molar-refractivity contribution < 1.29 is 4.65 Å². The van der Waals surface area contributed by atoms with Crippen LogP contribution >= 0.6 is 12.4 Å². The van der Waals surface area contributed by atoms with Crippen LogP contribution in [0, 0.1) is 17.8 Å². The maximum atomic E-state index is 5.58. The van der Waals surface area contributed by atoms with Crippen molar-refractivity contribution >= 4 is 19.3 Å². The molecule has 2 unspecified atom stereocenters. The second-order valence-electron chi connectivity index (χ2n) is 6.12. The van der Waals surface area contributed by atoms with Crippen molar-refractivity contribution in [2.75, 3.05) is 26.7 Å². The van der Waals surface area contributed by atoms with Crippen LogP contribution in [-0.4, -0.2) is 38.6 Å². The van der Waals surface area contributed by atoms with Gasteiger partial charge in [0.2, 0.25) is 0 Å². The molecular weight excluding hydrogens is 244 g/mol. The van der Waals surface area contributed by atoms with Crippen molar-refractivity contribution in [1.82, 2.24) is 4.90 Å². The average molecular weight is 274 g/mol. The highest BCUT2D eigenvalue weighted by Crippen LogP contribution is 2.43. The van der Waals surface area contributed by atoms with Gasteiger partial charge in [-0.05, 0) is 62.7 Å². The zero-order valence-electron chi connectivity index (χ0n) is 12.2. The van der Waals surface area contributed by atoms with E-state index >= 15 is 0 Å². The Morgan fingerprint density at radius 1 is 1.06 bits per heavy atom. The zero-order chi connectivity index (χ0) is 12.3. The summed E-state index contributed by atoms with van der Waals surface area (Å²) in [6, 6.07) is 0. The molecule has 0 spiro atoms. The highest BCUT2D eigenvalue weighted by Gasteiger charge is 2.38. The van der Waals surface area contributed by atoms with E-state index in [1.807, 2.05) is 7.11 Å². The summed E-state index contributed by atoms with van der Waals surface area (Å²) in [5.74, 6) is 2.86. The fourth-order valence-electron chi connectivity index (χ4n) is 4.12. The van der Waals surface area contributed by atoms with Crippen LogP contribution in [0.2, 0.25) is 12.6 Å². The standard InChI is InChI=1S/C14H28BNO.ClH/c1-4-16(5-2)11-14-7-12-6-13(8-14)10-15(9-12)17-3;/h12-14H,4-11H2,1-3H3;1H. The predicted molar refractivity (Wildman–Crippen MR) is 81.7 cm³/mol. The van der Waals surface area contributed by atoms with Crippen LogP contribution in [0.1, 0.15) is 33.1 Å². The minimum atomic E-state index is 0. The molecule has 18 heavy (non-hydrogen) atoms. The lowest BCUT2D eigenvalue weighted by Gasteiger charge is -2.42. The Bertz CT molecular complexity index is 224. The second kappa shape index (κ2) is 7.76. The lowest BCUT2D eigenvalue weighted by molar-refractivity contribution is 0.145. The molecule has 2 nitrogen and oxygen atoms in total. The molecule has 0 amide bonds. The molecule has 2 fully saturated rings. The highest BCUT2D eigenvalue weighted by molar-refractivity contribution is 6.52. The maximum Gasteiger partial charge on any atom is 0.293 e. The summed E-state index contributed by atoms with van der Waals surface area (Å²) in [5.41, 5.74) is 0. The Kier molecular flexibility index (Phi) is 7.04.